The molecule has 2 rings (SSSR count). The van der Waals surface area contributed by atoms with E-state index < -0.39 is 22.0 Å². The number of carbonyl (C=O) groups is 2. The summed E-state index contributed by atoms with van der Waals surface area (Å²) in [6.45, 7) is 12.2. The third kappa shape index (κ3) is 5.59. The Morgan fingerprint density at radius 1 is 1.09 bits per heavy atom. The standard InChI is InChI=1S/C25H36N2O6S/c1-8-26-19(5)22(18(4)23(26)25(29)32-7)24(28)20(6)27(15-10-16-33-9-2)34(30,31)21-13-11-17(3)12-14-21/h11-14,20H,8-10,15-16H2,1-7H3/t20-/m1/s1. The number of aryl methyl sites for hydroxylation is 1. The Morgan fingerprint density at radius 3 is 2.24 bits per heavy atom. The third-order valence-corrected chi connectivity index (χ3v) is 8.00. The minimum atomic E-state index is -3.95. The molecule has 1 atom stereocenters. The lowest BCUT2D eigenvalue weighted by Crippen LogP contribution is -2.44. The molecule has 0 unspecified atom stereocenters. The highest BCUT2D eigenvalue weighted by atomic mass is 32.2. The monoisotopic (exact) mass is 492 g/mol. The molecule has 34 heavy (non-hydrogen) atoms. The lowest BCUT2D eigenvalue weighted by Gasteiger charge is -2.28. The maximum atomic E-state index is 13.7. The second-order valence-corrected chi connectivity index (χ2v) is 10.1. The van der Waals surface area contributed by atoms with E-state index in [1.165, 1.54) is 11.4 Å². The van der Waals surface area contributed by atoms with Gasteiger partial charge in [-0.15, -0.1) is 0 Å². The molecule has 2 aromatic rings. The molecule has 1 aromatic carbocycles. The lowest BCUT2D eigenvalue weighted by molar-refractivity contribution is 0.0587. The van der Waals surface area contributed by atoms with E-state index in [9.17, 15) is 18.0 Å². The lowest BCUT2D eigenvalue weighted by atomic mass is 10.0. The number of methoxy groups -OCH3 is 1. The van der Waals surface area contributed by atoms with Crippen molar-refractivity contribution in [3.63, 3.8) is 0 Å². The largest absolute Gasteiger partial charge is 0.464 e. The summed E-state index contributed by atoms with van der Waals surface area (Å²) in [5, 5.41) is 0. The highest BCUT2D eigenvalue weighted by molar-refractivity contribution is 7.89. The Bertz CT molecular complexity index is 1120. The smallest absolute Gasteiger partial charge is 0.354 e. The fourth-order valence-corrected chi connectivity index (χ4v) is 5.82. The first-order valence-corrected chi connectivity index (χ1v) is 12.9. The van der Waals surface area contributed by atoms with Crippen LogP contribution in [0.1, 0.15) is 64.9 Å². The summed E-state index contributed by atoms with van der Waals surface area (Å²) in [6.07, 6.45) is 0.442. The number of rotatable bonds is 12. The molecule has 0 aliphatic heterocycles. The van der Waals surface area contributed by atoms with E-state index in [-0.39, 0.29) is 17.2 Å². The molecule has 0 fully saturated rings. The average molecular weight is 493 g/mol. The number of carbonyl (C=O) groups excluding carboxylic acids is 2. The molecule has 0 aliphatic carbocycles. The quantitative estimate of drug-likeness (QED) is 0.253. The van der Waals surface area contributed by atoms with E-state index in [0.717, 1.165) is 5.56 Å². The molecular weight excluding hydrogens is 456 g/mol. The second kappa shape index (κ2) is 11.8. The fraction of sp³-hybridized carbons (Fsp3) is 0.520. The van der Waals surface area contributed by atoms with Crippen molar-refractivity contribution >= 4 is 21.8 Å². The molecule has 0 saturated carbocycles. The number of nitrogens with zero attached hydrogens (tertiary/aromatic N) is 2. The van der Waals surface area contributed by atoms with Crippen molar-refractivity contribution in [1.29, 1.82) is 0 Å². The third-order valence-electron chi connectivity index (χ3n) is 6.02. The number of esters is 1. The van der Waals surface area contributed by atoms with E-state index in [4.69, 9.17) is 9.47 Å². The Hall–Kier alpha value is -2.49. The molecule has 0 amide bonds. The van der Waals surface area contributed by atoms with Crippen LogP contribution < -0.4 is 0 Å². The zero-order valence-electron chi connectivity index (χ0n) is 21.2. The molecule has 188 valence electrons. The predicted octanol–water partition coefficient (Wildman–Crippen LogP) is 3.91. The van der Waals surface area contributed by atoms with E-state index in [0.29, 0.717) is 48.7 Å². The predicted molar refractivity (Wildman–Crippen MR) is 131 cm³/mol. The van der Waals surface area contributed by atoms with Crippen molar-refractivity contribution in [3.05, 3.63) is 52.3 Å². The van der Waals surface area contributed by atoms with E-state index in [2.05, 4.69) is 0 Å². The van der Waals surface area contributed by atoms with Gasteiger partial charge in [0.1, 0.15) is 5.69 Å². The van der Waals surface area contributed by atoms with Crippen LogP contribution in [0.5, 0.6) is 0 Å². The number of ether oxygens (including phenoxy) is 2. The Morgan fingerprint density at radius 2 is 1.71 bits per heavy atom. The molecule has 8 nitrogen and oxygen atoms in total. The molecule has 0 radical (unpaired) electrons. The van der Waals surface area contributed by atoms with Gasteiger partial charge in [0.05, 0.1) is 18.0 Å². The first-order valence-electron chi connectivity index (χ1n) is 11.5. The van der Waals surface area contributed by atoms with Gasteiger partial charge in [0.15, 0.2) is 5.78 Å². The fourth-order valence-electron chi connectivity index (χ4n) is 4.19. The number of aromatic nitrogens is 1. The zero-order valence-corrected chi connectivity index (χ0v) is 22.0. The van der Waals surface area contributed by atoms with Crippen LogP contribution in [0, 0.1) is 20.8 Å². The zero-order chi connectivity index (χ0) is 25.6. The molecule has 9 heteroatoms. The van der Waals surface area contributed by atoms with Gasteiger partial charge in [0.2, 0.25) is 10.0 Å². The summed E-state index contributed by atoms with van der Waals surface area (Å²) in [4.78, 5) is 26.3. The van der Waals surface area contributed by atoms with Crippen LogP contribution in [0.15, 0.2) is 29.2 Å². The minimum Gasteiger partial charge on any atom is -0.464 e. The molecule has 0 spiro atoms. The molecule has 0 N–H and O–H groups in total. The Balaban J connectivity index is 2.54. The Labute approximate surface area is 202 Å². The summed E-state index contributed by atoms with van der Waals surface area (Å²) in [5.74, 6) is -0.894. The summed E-state index contributed by atoms with van der Waals surface area (Å²) < 4.78 is 40.5. The number of Topliss-reactive ketones (excluding diaryl/α,β-unsaturated/α-hetero) is 1. The average Bonchev–Trinajstić information content (AvgIpc) is 3.06. The van der Waals surface area contributed by atoms with Crippen molar-refractivity contribution in [2.24, 2.45) is 0 Å². The van der Waals surface area contributed by atoms with Gasteiger partial charge in [0.25, 0.3) is 0 Å². The van der Waals surface area contributed by atoms with Crippen LogP contribution in [0.3, 0.4) is 0 Å². The van der Waals surface area contributed by atoms with E-state index in [1.54, 1.807) is 49.6 Å². The van der Waals surface area contributed by atoms with Gasteiger partial charge in [-0.3, -0.25) is 4.79 Å². The maximum absolute atomic E-state index is 13.7. The molecule has 0 saturated heterocycles. The second-order valence-electron chi connectivity index (χ2n) is 8.19. The van der Waals surface area contributed by atoms with Gasteiger partial charge in [-0.2, -0.15) is 4.31 Å². The number of ketones is 1. The van der Waals surface area contributed by atoms with Crippen molar-refractivity contribution in [2.45, 2.75) is 65.4 Å². The number of sulfonamides is 1. The van der Waals surface area contributed by atoms with Gasteiger partial charge < -0.3 is 14.0 Å². The minimum absolute atomic E-state index is 0.125. The molecular formula is C25H36N2O6S. The van der Waals surface area contributed by atoms with Gasteiger partial charge in [0, 0.05) is 37.6 Å². The highest BCUT2D eigenvalue weighted by Gasteiger charge is 2.36. The van der Waals surface area contributed by atoms with Gasteiger partial charge in [-0.25, -0.2) is 13.2 Å². The Kier molecular flexibility index (Phi) is 9.61. The summed E-state index contributed by atoms with van der Waals surface area (Å²) in [5.41, 5.74) is 2.70. The van der Waals surface area contributed by atoms with Gasteiger partial charge in [-0.05, 0) is 65.7 Å². The molecule has 1 aromatic heterocycles. The molecule has 0 bridgehead atoms. The summed E-state index contributed by atoms with van der Waals surface area (Å²) >= 11 is 0. The van der Waals surface area contributed by atoms with Crippen LogP contribution in [-0.2, 0) is 26.0 Å². The van der Waals surface area contributed by atoms with Crippen LogP contribution in [0.2, 0.25) is 0 Å². The van der Waals surface area contributed by atoms with Crippen molar-refractivity contribution in [2.75, 3.05) is 26.9 Å². The topological polar surface area (TPSA) is 94.9 Å². The van der Waals surface area contributed by atoms with Crippen LogP contribution in [0.25, 0.3) is 0 Å². The van der Waals surface area contributed by atoms with Gasteiger partial charge >= 0.3 is 5.97 Å². The van der Waals surface area contributed by atoms with Gasteiger partial charge in [-0.1, -0.05) is 17.7 Å². The van der Waals surface area contributed by atoms with Crippen LogP contribution in [-0.4, -0.2) is 62.0 Å². The highest BCUT2D eigenvalue weighted by Crippen LogP contribution is 2.28. The first-order chi connectivity index (χ1) is 16.0. The molecule has 0 aliphatic rings. The summed E-state index contributed by atoms with van der Waals surface area (Å²) in [7, 11) is -2.66. The van der Waals surface area contributed by atoms with E-state index >= 15 is 0 Å². The van der Waals surface area contributed by atoms with Crippen LogP contribution >= 0.6 is 0 Å². The van der Waals surface area contributed by atoms with Crippen molar-refractivity contribution in [3.8, 4) is 0 Å². The van der Waals surface area contributed by atoms with E-state index in [1.807, 2.05) is 20.8 Å². The normalized spacial score (nSPS) is 12.7. The van der Waals surface area contributed by atoms with Crippen molar-refractivity contribution in [1.82, 2.24) is 8.87 Å². The number of hydrogen-bond donors (Lipinski definition) is 0. The SMILES string of the molecule is CCOCCCN([C@H](C)C(=O)c1c(C)c(C(=O)OC)n(CC)c1C)S(=O)(=O)c1ccc(C)cc1. The van der Waals surface area contributed by atoms with Crippen LogP contribution in [0.4, 0.5) is 0 Å². The maximum Gasteiger partial charge on any atom is 0.354 e. The number of benzene rings is 1. The summed E-state index contributed by atoms with van der Waals surface area (Å²) in [6, 6.07) is 5.59. The number of hydrogen-bond acceptors (Lipinski definition) is 6. The molecule has 1 heterocycles. The van der Waals surface area contributed by atoms with Crippen molar-refractivity contribution < 1.29 is 27.5 Å². The first kappa shape index (κ1) is 27.8.